The van der Waals surface area contributed by atoms with E-state index in [2.05, 4.69) is 66.9 Å². The second kappa shape index (κ2) is 13.1. The molecule has 40 heavy (non-hydrogen) atoms. The van der Waals surface area contributed by atoms with Crippen molar-refractivity contribution < 1.29 is 4.79 Å². The number of nitrogens with two attached hydrogens (primary N) is 1. The van der Waals surface area contributed by atoms with Gasteiger partial charge in [0.2, 0.25) is 5.91 Å². The highest BCUT2D eigenvalue weighted by atomic mass is 16.1. The molecule has 1 saturated carbocycles. The summed E-state index contributed by atoms with van der Waals surface area (Å²) in [5.74, 6) is -0.0542. The van der Waals surface area contributed by atoms with Gasteiger partial charge in [-0.05, 0) is 87.8 Å². The number of aliphatic imine (C=N–C) groups is 2. The van der Waals surface area contributed by atoms with Gasteiger partial charge in [-0.25, -0.2) is 4.99 Å². The van der Waals surface area contributed by atoms with Crippen molar-refractivity contribution >= 4 is 28.7 Å². The zero-order valence-electron chi connectivity index (χ0n) is 24.4. The molecule has 1 aliphatic carbocycles. The predicted molar refractivity (Wildman–Crippen MR) is 167 cm³/mol. The molecule has 1 aromatic rings. The van der Waals surface area contributed by atoms with Crippen LogP contribution in [0.1, 0.15) is 90.2 Å². The lowest BCUT2D eigenvalue weighted by molar-refractivity contribution is -0.120. The Hall–Kier alpha value is -3.76. The standard InChI is InChI=1S/C34H43N5O/c1-23-16-25(19-32(38-22-23)34(2,3)4)17-28(36)21-33(40)39-29-10-7-8-24(11-13-29)18-31-30-14-12-27(35)20-26(30)9-5-6-15-37-31/h5,12,14-15,18-20,22,29,36H,7-11,13,16-17,21,35H2,1-4H3,(H,39,40). The maximum Gasteiger partial charge on any atom is 0.225 e. The van der Waals surface area contributed by atoms with Gasteiger partial charge in [-0.1, -0.05) is 43.6 Å². The molecular formula is C34H43N5O. The third-order valence-corrected chi connectivity index (χ3v) is 7.55. The van der Waals surface area contributed by atoms with Crippen LogP contribution in [0.25, 0.3) is 0 Å². The number of fused-ring (bicyclic) bond motifs is 1. The lowest BCUT2D eigenvalue weighted by Crippen LogP contribution is -2.35. The highest BCUT2D eigenvalue weighted by molar-refractivity contribution is 6.10. The van der Waals surface area contributed by atoms with Crippen LogP contribution in [0.4, 0.5) is 5.69 Å². The van der Waals surface area contributed by atoms with E-state index < -0.39 is 0 Å². The molecule has 4 rings (SSSR count). The van der Waals surface area contributed by atoms with Crippen LogP contribution in [-0.4, -0.2) is 29.1 Å². The summed E-state index contributed by atoms with van der Waals surface area (Å²) in [6, 6.07) is 6.13. The smallest absolute Gasteiger partial charge is 0.225 e. The molecule has 2 aliphatic heterocycles. The molecule has 0 spiro atoms. The van der Waals surface area contributed by atoms with Gasteiger partial charge in [-0.15, -0.1) is 5.73 Å². The highest BCUT2D eigenvalue weighted by Gasteiger charge is 2.21. The highest BCUT2D eigenvalue weighted by Crippen LogP contribution is 2.27. The van der Waals surface area contributed by atoms with Gasteiger partial charge in [0, 0.05) is 46.8 Å². The molecule has 1 unspecified atom stereocenters. The molecular weight excluding hydrogens is 494 g/mol. The summed E-state index contributed by atoms with van der Waals surface area (Å²) in [6.07, 6.45) is 16.9. The Bertz CT molecular complexity index is 1370. The normalized spacial score (nSPS) is 20.6. The number of rotatable bonds is 6. The number of nitrogens with zero attached hydrogens (tertiary/aromatic N) is 2. The molecule has 1 atom stereocenters. The maximum absolute atomic E-state index is 12.9. The van der Waals surface area contributed by atoms with Crippen molar-refractivity contribution in [3.8, 4) is 0 Å². The lowest BCUT2D eigenvalue weighted by atomic mass is 9.87. The first-order chi connectivity index (χ1) is 19.1. The van der Waals surface area contributed by atoms with E-state index in [9.17, 15) is 4.79 Å². The molecule has 0 aromatic heterocycles. The predicted octanol–water partition coefficient (Wildman–Crippen LogP) is 7.18. The Morgan fingerprint density at radius 3 is 2.85 bits per heavy atom. The van der Waals surface area contributed by atoms with E-state index in [0.29, 0.717) is 12.1 Å². The molecule has 3 aliphatic rings. The average Bonchev–Trinajstić information content (AvgIpc) is 3.19. The Balaban J connectivity index is 1.34. The summed E-state index contributed by atoms with van der Waals surface area (Å²) in [7, 11) is 0. The summed E-state index contributed by atoms with van der Waals surface area (Å²) in [6.45, 7) is 8.51. The molecule has 1 amide bonds. The summed E-state index contributed by atoms with van der Waals surface area (Å²) >= 11 is 0. The van der Waals surface area contributed by atoms with E-state index in [1.54, 1.807) is 6.20 Å². The van der Waals surface area contributed by atoms with E-state index >= 15 is 0 Å². The zero-order chi connectivity index (χ0) is 28.7. The van der Waals surface area contributed by atoms with Gasteiger partial charge in [0.25, 0.3) is 0 Å². The van der Waals surface area contributed by atoms with Crippen molar-refractivity contribution in [3.05, 3.63) is 82.4 Å². The van der Waals surface area contributed by atoms with Crippen LogP contribution in [-0.2, 0) is 11.2 Å². The number of amides is 1. The number of carbonyl (C=O) groups excluding carboxylic acids is 1. The quantitative estimate of drug-likeness (QED) is 0.155. The SMILES string of the molecule is CC1=CN=C(C(C)(C)C)C=C(CC(=N)CC(=O)NC2CCCC(=CC3=NC=C=CCc4cc(N)ccc43)CC2)C1. The van der Waals surface area contributed by atoms with Gasteiger partial charge in [0.15, 0.2) is 0 Å². The van der Waals surface area contributed by atoms with Gasteiger partial charge >= 0.3 is 0 Å². The topological polar surface area (TPSA) is 104 Å². The summed E-state index contributed by atoms with van der Waals surface area (Å²) in [5.41, 5.74) is 18.2. The summed E-state index contributed by atoms with van der Waals surface area (Å²) in [4.78, 5) is 22.2. The monoisotopic (exact) mass is 537 g/mol. The number of nitrogen functional groups attached to an aromatic ring is 1. The van der Waals surface area contributed by atoms with Crippen molar-refractivity contribution in [1.82, 2.24) is 5.32 Å². The second-order valence-electron chi connectivity index (χ2n) is 12.3. The zero-order valence-corrected chi connectivity index (χ0v) is 24.4. The largest absolute Gasteiger partial charge is 0.399 e. The Labute approximate surface area is 239 Å². The molecule has 4 N–H and O–H groups in total. The van der Waals surface area contributed by atoms with Crippen molar-refractivity contribution in [2.24, 2.45) is 15.4 Å². The van der Waals surface area contributed by atoms with Gasteiger partial charge in [0.1, 0.15) is 0 Å². The van der Waals surface area contributed by atoms with Gasteiger partial charge in [-0.3, -0.25) is 9.79 Å². The van der Waals surface area contributed by atoms with E-state index in [1.807, 2.05) is 24.4 Å². The van der Waals surface area contributed by atoms with E-state index in [0.717, 1.165) is 78.8 Å². The molecule has 6 heteroatoms. The average molecular weight is 538 g/mol. The number of anilines is 1. The number of nitrogens with one attached hydrogen (secondary N) is 2. The van der Waals surface area contributed by atoms with Crippen LogP contribution in [0.3, 0.4) is 0 Å². The molecule has 0 saturated heterocycles. The molecule has 0 radical (unpaired) electrons. The number of hydrogen-bond donors (Lipinski definition) is 3. The Morgan fingerprint density at radius 1 is 1.23 bits per heavy atom. The Kier molecular flexibility index (Phi) is 9.54. The maximum atomic E-state index is 12.9. The van der Waals surface area contributed by atoms with Crippen LogP contribution >= 0.6 is 0 Å². The summed E-state index contributed by atoms with van der Waals surface area (Å²) in [5, 5.41) is 11.8. The summed E-state index contributed by atoms with van der Waals surface area (Å²) < 4.78 is 0. The minimum Gasteiger partial charge on any atom is -0.399 e. The van der Waals surface area contributed by atoms with Crippen molar-refractivity contribution in [1.29, 1.82) is 5.41 Å². The minimum atomic E-state index is -0.0635. The van der Waals surface area contributed by atoms with Crippen LogP contribution < -0.4 is 11.1 Å². The van der Waals surface area contributed by atoms with Crippen LogP contribution in [0, 0.1) is 10.8 Å². The molecule has 2 heterocycles. The molecule has 6 nitrogen and oxygen atoms in total. The van der Waals surface area contributed by atoms with Crippen molar-refractivity contribution in [2.45, 2.75) is 91.5 Å². The number of allylic oxidation sites excluding steroid dienone is 6. The van der Waals surface area contributed by atoms with Gasteiger partial charge in [0.05, 0.1) is 18.3 Å². The minimum absolute atomic E-state index is 0.0542. The van der Waals surface area contributed by atoms with Crippen LogP contribution in [0.5, 0.6) is 0 Å². The van der Waals surface area contributed by atoms with Crippen molar-refractivity contribution in [3.63, 3.8) is 0 Å². The number of benzene rings is 1. The fraction of sp³-hybridized carbons (Fsp3) is 0.441. The first-order valence-electron chi connectivity index (χ1n) is 14.4. The first kappa shape index (κ1) is 29.2. The first-order valence-corrected chi connectivity index (χ1v) is 14.4. The Morgan fingerprint density at radius 2 is 2.05 bits per heavy atom. The second-order valence-corrected chi connectivity index (χ2v) is 12.3. The third-order valence-electron chi connectivity index (χ3n) is 7.55. The fourth-order valence-electron chi connectivity index (χ4n) is 5.43. The van der Waals surface area contributed by atoms with Gasteiger partial charge < -0.3 is 16.5 Å². The van der Waals surface area contributed by atoms with E-state index in [-0.39, 0.29) is 23.8 Å². The van der Waals surface area contributed by atoms with Crippen LogP contribution in [0.15, 0.2) is 81.3 Å². The molecule has 1 fully saturated rings. The third kappa shape index (κ3) is 8.37. The van der Waals surface area contributed by atoms with E-state index in [1.165, 1.54) is 11.1 Å². The van der Waals surface area contributed by atoms with Gasteiger partial charge in [-0.2, -0.15) is 0 Å². The lowest BCUT2D eigenvalue weighted by Gasteiger charge is -2.19. The fourth-order valence-corrected chi connectivity index (χ4v) is 5.43. The molecule has 1 aromatic carbocycles. The molecule has 0 bridgehead atoms. The van der Waals surface area contributed by atoms with E-state index in [4.69, 9.17) is 11.1 Å². The molecule has 210 valence electrons. The van der Waals surface area contributed by atoms with Crippen molar-refractivity contribution in [2.75, 3.05) is 5.73 Å². The van der Waals surface area contributed by atoms with Crippen LogP contribution in [0.2, 0.25) is 0 Å². The number of hydrogen-bond acceptors (Lipinski definition) is 5. The number of carbonyl (C=O) groups is 1.